The van der Waals surface area contributed by atoms with Crippen molar-refractivity contribution >= 4 is 154 Å². The molecule has 27 rings (SSSR count). The van der Waals surface area contributed by atoms with Crippen LogP contribution >= 0.6 is 0 Å². The predicted molar refractivity (Wildman–Crippen MR) is 557 cm³/mol. The minimum atomic E-state index is 0.958. The fourth-order valence-electron chi connectivity index (χ4n) is 20.2. The number of hydrogen-bond donors (Lipinski definition) is 0. The van der Waals surface area contributed by atoms with E-state index in [0.717, 1.165) is 56.4 Å². The van der Waals surface area contributed by atoms with E-state index in [1.807, 2.05) is 24.3 Å². The van der Waals surface area contributed by atoms with E-state index >= 15 is 0 Å². The van der Waals surface area contributed by atoms with Gasteiger partial charge in [-0.2, -0.15) is 0 Å². The Morgan fingerprint density at radius 2 is 0.561 bits per heavy atom. The van der Waals surface area contributed by atoms with E-state index in [1.165, 1.54) is 164 Å². The second-order valence-electron chi connectivity index (χ2n) is 33.5. The maximum atomic E-state index is 5.11. The molecule has 0 bridgehead atoms. The molecule has 0 saturated carbocycles. The Balaban J connectivity index is 0.0000000978. The lowest BCUT2D eigenvalue weighted by Gasteiger charge is -2.14. The first-order valence-corrected chi connectivity index (χ1v) is 44.9. The maximum Gasteiger partial charge on any atom is 0.0730 e. The predicted octanol–water partition coefficient (Wildman–Crippen LogP) is 32.1. The van der Waals surface area contributed by atoms with E-state index in [0.29, 0.717) is 0 Å². The van der Waals surface area contributed by atoms with Crippen molar-refractivity contribution in [3.63, 3.8) is 0 Å². The van der Waals surface area contributed by atoms with Gasteiger partial charge in [0.15, 0.2) is 0 Å². The highest BCUT2D eigenvalue weighted by atomic mass is 15.0. The SMILES string of the molecule is C=Cc1cccc(-n2c3ccccc3c3c4c(ccc32)ccn4-c2ccccc2)c1C=C.c1ccc(-c2cc(-n3c4ccccc4c4cc5c(ccn5-c5ccccc5)cc43)cc(-c3ccccc3)n2)cc1.c1ccc(-n2ccc3ccc4c(c5ccccc5n4-c4ccc5ccccc5c4)c32)cc1.c1ccc(-n2ccc3ccc4c(c5ccccc5n4-c4ccccc4)c32)cc1. The summed E-state index contributed by atoms with van der Waals surface area (Å²) >= 11 is 0. The van der Waals surface area contributed by atoms with Crippen LogP contribution in [0.2, 0.25) is 0 Å². The molecular formula is C123H85N9. The van der Waals surface area contributed by atoms with Crippen LogP contribution in [0, 0.1) is 0 Å². The molecule has 0 N–H and O–H groups in total. The molecule has 27 aromatic rings. The van der Waals surface area contributed by atoms with Gasteiger partial charge in [0.2, 0.25) is 0 Å². The fourth-order valence-corrected chi connectivity index (χ4v) is 20.2. The molecule has 9 aromatic heterocycles. The Morgan fingerprint density at radius 1 is 0.197 bits per heavy atom. The van der Waals surface area contributed by atoms with Crippen LogP contribution in [0.15, 0.2) is 493 Å². The van der Waals surface area contributed by atoms with Crippen molar-refractivity contribution in [1.29, 1.82) is 0 Å². The zero-order valence-electron chi connectivity index (χ0n) is 72.2. The number of fused-ring (bicyclic) bond motifs is 20. The summed E-state index contributed by atoms with van der Waals surface area (Å²) in [4.78, 5) is 5.11. The second kappa shape index (κ2) is 32.9. The molecule has 0 amide bonds. The number of benzene rings is 18. The van der Waals surface area contributed by atoms with Gasteiger partial charge in [0, 0.05) is 140 Å². The van der Waals surface area contributed by atoms with E-state index in [2.05, 4.69) is 517 Å². The van der Waals surface area contributed by atoms with Crippen LogP contribution in [0.3, 0.4) is 0 Å². The standard InChI is InChI=1S/C37H25N3.C30H20N2.C30H22N2.C26H18N2/c1-4-12-26(13-5-1)33-23-30(24-34(38-33)27-14-6-2-7-15-27)40-35-19-11-10-18-31(35)32-25-36-28(22-37(32)40)20-21-39(36)29-16-8-3-9-17-29;1-2-10-24(11-3-1)31-19-18-22-15-17-28-29(30(22)31)26-12-6-7-13-27(26)32(28)25-16-14-21-8-4-5-9-23(21)20-25;1-3-21-11-10-16-26(24(21)4-2)32-27-15-9-8-14-25(27)29-28(32)18-17-22-19-20-31(30(22)29)23-12-6-5-7-13-23;1-3-9-20(10-4-1)27-18-17-19-15-16-24-25(26(19)27)22-13-7-8-14-23(22)28(24)21-11-5-2-6-12-21/h1-25H;1-20H;3-20H,1-2H2;1-18H. The third-order valence-corrected chi connectivity index (χ3v) is 26.1. The second-order valence-corrected chi connectivity index (χ2v) is 33.5. The lowest BCUT2D eigenvalue weighted by molar-refractivity contribution is 1.13. The molecule has 0 spiro atoms. The Hall–Kier alpha value is -17.8. The number of para-hydroxylation sites is 9. The van der Waals surface area contributed by atoms with E-state index in [1.54, 1.807) is 0 Å². The number of rotatable bonds is 12. The number of nitrogens with zero attached hydrogens (tertiary/aromatic N) is 9. The van der Waals surface area contributed by atoms with Crippen LogP contribution in [0.5, 0.6) is 0 Å². The van der Waals surface area contributed by atoms with E-state index in [-0.39, 0.29) is 0 Å². The van der Waals surface area contributed by atoms with Crippen molar-refractivity contribution in [2.45, 2.75) is 0 Å². The first-order valence-electron chi connectivity index (χ1n) is 44.9. The Bertz CT molecular complexity index is 9040. The van der Waals surface area contributed by atoms with Crippen LogP contribution in [0.1, 0.15) is 11.1 Å². The molecule has 0 atom stereocenters. The van der Waals surface area contributed by atoms with Gasteiger partial charge in [0.1, 0.15) is 0 Å². The average molecular weight is 1690 g/mol. The summed E-state index contributed by atoms with van der Waals surface area (Å²) < 4.78 is 18.7. The number of pyridine rings is 1. The summed E-state index contributed by atoms with van der Waals surface area (Å²) in [6.07, 6.45) is 12.5. The summed E-state index contributed by atoms with van der Waals surface area (Å²) in [5, 5.41) is 17.6. The minimum Gasteiger partial charge on any atom is -0.317 e. The van der Waals surface area contributed by atoms with Crippen LogP contribution in [0.25, 0.3) is 222 Å². The molecule has 18 aromatic carbocycles. The molecule has 0 saturated heterocycles. The van der Waals surface area contributed by atoms with Gasteiger partial charge in [-0.05, 0) is 186 Å². The molecule has 9 heterocycles. The van der Waals surface area contributed by atoms with Gasteiger partial charge in [-0.3, -0.25) is 0 Å². The molecule has 0 radical (unpaired) electrons. The highest BCUT2D eigenvalue weighted by Crippen LogP contribution is 2.45. The van der Waals surface area contributed by atoms with Crippen molar-refractivity contribution in [3.05, 3.63) is 504 Å². The highest BCUT2D eigenvalue weighted by Gasteiger charge is 2.24. The van der Waals surface area contributed by atoms with Gasteiger partial charge in [0.25, 0.3) is 0 Å². The zero-order chi connectivity index (χ0) is 87.7. The highest BCUT2D eigenvalue weighted by molar-refractivity contribution is 6.24. The normalized spacial score (nSPS) is 11.5. The average Bonchev–Trinajstić information content (AvgIpc) is 1.57. The monoisotopic (exact) mass is 1690 g/mol. The lowest BCUT2D eigenvalue weighted by Crippen LogP contribution is -1.98. The topological polar surface area (TPSA) is 52.3 Å². The number of aromatic nitrogens is 9. The van der Waals surface area contributed by atoms with Crippen molar-refractivity contribution < 1.29 is 0 Å². The van der Waals surface area contributed by atoms with Gasteiger partial charge >= 0.3 is 0 Å². The lowest BCUT2D eigenvalue weighted by atomic mass is 10.0. The summed E-state index contributed by atoms with van der Waals surface area (Å²) in [6, 6.07) is 162. The Kier molecular flexibility index (Phi) is 19.4. The van der Waals surface area contributed by atoms with Gasteiger partial charge in [-0.25, -0.2) is 4.98 Å². The molecule has 0 unspecified atom stereocenters. The van der Waals surface area contributed by atoms with Gasteiger partial charge in [-0.1, -0.05) is 310 Å². The first-order chi connectivity index (χ1) is 65.4. The van der Waals surface area contributed by atoms with Crippen molar-refractivity contribution in [2.75, 3.05) is 0 Å². The summed E-state index contributed by atoms with van der Waals surface area (Å²) in [5.74, 6) is 0. The molecule has 622 valence electrons. The minimum absolute atomic E-state index is 0.958. The van der Waals surface area contributed by atoms with Gasteiger partial charge in [-0.15, -0.1) is 0 Å². The Labute approximate surface area is 762 Å². The van der Waals surface area contributed by atoms with Crippen LogP contribution < -0.4 is 0 Å². The maximum absolute atomic E-state index is 5.11. The van der Waals surface area contributed by atoms with E-state index in [9.17, 15) is 0 Å². The molecule has 9 heteroatoms. The third kappa shape index (κ3) is 13.3. The van der Waals surface area contributed by atoms with E-state index in [4.69, 9.17) is 4.98 Å². The quantitative estimate of drug-likeness (QED) is 0.120. The molecule has 9 nitrogen and oxygen atoms in total. The molecule has 0 aliphatic rings. The zero-order valence-corrected chi connectivity index (χ0v) is 72.2. The van der Waals surface area contributed by atoms with Crippen LogP contribution in [-0.4, -0.2) is 41.5 Å². The van der Waals surface area contributed by atoms with Crippen molar-refractivity contribution in [3.8, 4) is 68.0 Å². The summed E-state index contributed by atoms with van der Waals surface area (Å²) in [7, 11) is 0. The molecule has 0 fully saturated rings. The molecule has 132 heavy (non-hydrogen) atoms. The van der Waals surface area contributed by atoms with Gasteiger partial charge in [0.05, 0.1) is 89.0 Å². The molecule has 0 aliphatic heterocycles. The third-order valence-electron chi connectivity index (χ3n) is 26.1. The Morgan fingerprint density at radius 3 is 1.03 bits per heavy atom. The smallest absolute Gasteiger partial charge is 0.0730 e. The largest absolute Gasteiger partial charge is 0.317 e. The van der Waals surface area contributed by atoms with Crippen LogP contribution in [0.4, 0.5) is 0 Å². The van der Waals surface area contributed by atoms with Crippen molar-refractivity contribution in [2.24, 2.45) is 0 Å². The molecule has 0 aliphatic carbocycles. The molecular weight excluding hydrogens is 1600 g/mol. The van der Waals surface area contributed by atoms with Crippen LogP contribution in [-0.2, 0) is 0 Å². The van der Waals surface area contributed by atoms with Crippen molar-refractivity contribution in [1.82, 2.24) is 41.5 Å². The fraction of sp³-hybridized carbons (Fsp3) is 0. The first kappa shape index (κ1) is 77.8. The van der Waals surface area contributed by atoms with Gasteiger partial charge < -0.3 is 36.5 Å². The van der Waals surface area contributed by atoms with E-state index < -0.39 is 0 Å². The summed E-state index contributed by atoms with van der Waals surface area (Å²) in [5.41, 5.74) is 30.1. The number of hydrogen-bond acceptors (Lipinski definition) is 1. The summed E-state index contributed by atoms with van der Waals surface area (Å²) in [6.45, 7) is 8.11.